The van der Waals surface area contributed by atoms with Gasteiger partial charge in [-0.1, -0.05) is 0 Å². The maximum atomic E-state index is 10.7. The lowest BCUT2D eigenvalue weighted by molar-refractivity contribution is -0.134. The molecule has 0 fully saturated rings. The number of benzene rings is 1. The average molecular weight is 366 g/mol. The predicted octanol–water partition coefficient (Wildman–Crippen LogP) is -0.0888. The molecule has 0 bridgehead atoms. The van der Waals surface area contributed by atoms with Gasteiger partial charge in [0.05, 0.1) is 20.0 Å². The Labute approximate surface area is 137 Å². The number of phenolic OH excluding ortho intramolecular Hbond substituents is 2. The zero-order valence-corrected chi connectivity index (χ0v) is 13.7. The lowest BCUT2D eigenvalue weighted by Crippen LogP contribution is -2.16. The van der Waals surface area contributed by atoms with Gasteiger partial charge >= 0.3 is 5.97 Å². The highest BCUT2D eigenvalue weighted by Crippen LogP contribution is 2.53. The molecule has 0 amide bonds. The van der Waals surface area contributed by atoms with E-state index in [1.165, 1.54) is 14.2 Å². The summed E-state index contributed by atoms with van der Waals surface area (Å²) in [7, 11) is -1.87. The zero-order chi connectivity index (χ0) is 18.5. The van der Waals surface area contributed by atoms with Gasteiger partial charge in [-0.15, -0.1) is 0 Å². The maximum absolute atomic E-state index is 10.7. The van der Waals surface area contributed by atoms with Crippen molar-refractivity contribution in [3.05, 3.63) is 0 Å². The average Bonchev–Trinajstić information content (AvgIpc) is 2.47. The standard InChI is InChI=1S/C12H18N2O9S/c1-22-11-7(13-3-4-24(19,20)21)9(17)8(14-5-6(15)16)12(23-2)10(11)18/h13-14,17-18H,3-5H2,1-2H3,(H,15,16)(H,19,20,21). The third-order valence-corrected chi connectivity index (χ3v) is 3.56. The second-order valence-electron chi connectivity index (χ2n) is 4.47. The first-order valence-corrected chi connectivity index (χ1v) is 8.07. The number of carboxylic acid groups (broad SMARTS) is 1. The fourth-order valence-electron chi connectivity index (χ4n) is 1.87. The van der Waals surface area contributed by atoms with Crippen molar-refractivity contribution in [1.82, 2.24) is 0 Å². The van der Waals surface area contributed by atoms with Gasteiger partial charge in [-0.2, -0.15) is 8.42 Å². The number of aromatic hydroxyl groups is 2. The van der Waals surface area contributed by atoms with Crippen LogP contribution in [0.2, 0.25) is 0 Å². The molecule has 0 aliphatic rings. The first kappa shape index (κ1) is 19.4. The molecule has 12 heteroatoms. The summed E-state index contributed by atoms with van der Waals surface area (Å²) in [5, 5.41) is 34.0. The molecule has 0 saturated carbocycles. The van der Waals surface area contributed by atoms with E-state index in [0.717, 1.165) is 0 Å². The van der Waals surface area contributed by atoms with E-state index in [-0.39, 0.29) is 29.4 Å². The summed E-state index contributed by atoms with van der Waals surface area (Å²) in [6.07, 6.45) is 0. The van der Waals surface area contributed by atoms with Gasteiger partial charge < -0.3 is 35.4 Å². The molecule has 0 atom stereocenters. The highest BCUT2D eigenvalue weighted by atomic mass is 32.2. The largest absolute Gasteiger partial charge is 0.504 e. The summed E-state index contributed by atoms with van der Waals surface area (Å²) in [5.41, 5.74) is -0.431. The molecular weight excluding hydrogens is 348 g/mol. The van der Waals surface area contributed by atoms with Crippen molar-refractivity contribution < 1.29 is 42.6 Å². The molecule has 11 nitrogen and oxygen atoms in total. The summed E-state index contributed by atoms with van der Waals surface area (Å²) in [4.78, 5) is 10.7. The molecule has 0 aliphatic heterocycles. The van der Waals surface area contributed by atoms with Crippen LogP contribution in [0, 0.1) is 0 Å². The van der Waals surface area contributed by atoms with Crippen LogP contribution >= 0.6 is 0 Å². The van der Waals surface area contributed by atoms with Crippen LogP contribution < -0.4 is 20.1 Å². The van der Waals surface area contributed by atoms with Gasteiger partial charge in [-0.05, 0) is 0 Å². The number of hydrogen-bond acceptors (Lipinski definition) is 9. The zero-order valence-electron chi connectivity index (χ0n) is 12.9. The number of rotatable bonds is 9. The normalized spacial score (nSPS) is 11.0. The number of carboxylic acids is 1. The molecule has 1 aromatic carbocycles. The minimum Gasteiger partial charge on any atom is -0.504 e. The van der Waals surface area contributed by atoms with Crippen LogP contribution in [0.5, 0.6) is 23.0 Å². The van der Waals surface area contributed by atoms with Gasteiger partial charge in [0.15, 0.2) is 17.2 Å². The highest BCUT2D eigenvalue weighted by Gasteiger charge is 2.26. The molecule has 0 saturated heterocycles. The number of aliphatic carboxylic acids is 1. The first-order chi connectivity index (χ1) is 11.1. The van der Waals surface area contributed by atoms with Crippen LogP contribution in [-0.4, -0.2) is 67.3 Å². The molecular formula is C12H18N2O9S. The molecule has 0 radical (unpaired) electrons. The Kier molecular flexibility index (Phi) is 6.31. The van der Waals surface area contributed by atoms with Crippen LogP contribution in [0.3, 0.4) is 0 Å². The molecule has 0 spiro atoms. The Hall–Kier alpha value is -2.60. The van der Waals surface area contributed by atoms with Gasteiger partial charge in [-0.3, -0.25) is 9.35 Å². The topological polar surface area (TPSA) is 175 Å². The van der Waals surface area contributed by atoms with Crippen LogP contribution in [0.1, 0.15) is 0 Å². The van der Waals surface area contributed by atoms with Gasteiger partial charge in [-0.25, -0.2) is 0 Å². The van der Waals surface area contributed by atoms with E-state index in [0.29, 0.717) is 0 Å². The summed E-state index contributed by atoms with van der Waals surface area (Å²) in [5.74, 6) is -3.50. The Morgan fingerprint density at radius 2 is 1.54 bits per heavy atom. The van der Waals surface area contributed by atoms with Crippen molar-refractivity contribution in [3.8, 4) is 23.0 Å². The van der Waals surface area contributed by atoms with Crippen LogP contribution in [0.15, 0.2) is 0 Å². The van der Waals surface area contributed by atoms with Gasteiger partial charge in [0.2, 0.25) is 5.75 Å². The molecule has 1 rings (SSSR count). The maximum Gasteiger partial charge on any atom is 0.322 e. The summed E-state index contributed by atoms with van der Waals surface area (Å²) in [6, 6.07) is 0. The van der Waals surface area contributed by atoms with Crippen LogP contribution in [0.25, 0.3) is 0 Å². The molecule has 6 N–H and O–H groups in total. The second-order valence-corrected chi connectivity index (χ2v) is 6.05. The van der Waals surface area contributed by atoms with E-state index >= 15 is 0 Å². The quantitative estimate of drug-likeness (QED) is 0.196. The second kappa shape index (κ2) is 7.79. The summed E-state index contributed by atoms with van der Waals surface area (Å²) < 4.78 is 40.1. The molecule has 0 aromatic heterocycles. The van der Waals surface area contributed by atoms with E-state index in [2.05, 4.69) is 10.6 Å². The molecule has 0 aliphatic carbocycles. The number of hydrogen-bond donors (Lipinski definition) is 6. The minimum atomic E-state index is -4.25. The number of phenols is 2. The molecule has 24 heavy (non-hydrogen) atoms. The first-order valence-electron chi connectivity index (χ1n) is 6.46. The monoisotopic (exact) mass is 366 g/mol. The van der Waals surface area contributed by atoms with Crippen molar-refractivity contribution in [2.24, 2.45) is 0 Å². The minimum absolute atomic E-state index is 0.202. The van der Waals surface area contributed by atoms with Gasteiger partial charge in [0, 0.05) is 6.54 Å². The number of methoxy groups -OCH3 is 2. The predicted molar refractivity (Wildman–Crippen MR) is 83.9 cm³/mol. The lowest BCUT2D eigenvalue weighted by atomic mass is 10.1. The highest BCUT2D eigenvalue weighted by molar-refractivity contribution is 7.85. The number of anilines is 2. The summed E-state index contributed by atoms with van der Waals surface area (Å²) >= 11 is 0. The van der Waals surface area contributed by atoms with E-state index in [1.807, 2.05) is 0 Å². The lowest BCUT2D eigenvalue weighted by Gasteiger charge is -2.20. The molecule has 136 valence electrons. The third-order valence-electron chi connectivity index (χ3n) is 2.84. The van der Waals surface area contributed by atoms with E-state index in [1.54, 1.807) is 0 Å². The van der Waals surface area contributed by atoms with Crippen molar-refractivity contribution >= 4 is 27.5 Å². The Balaban J connectivity index is 3.31. The fraction of sp³-hybridized carbons (Fsp3) is 0.417. The fourth-order valence-corrected chi connectivity index (χ4v) is 2.23. The third kappa shape index (κ3) is 4.70. The van der Waals surface area contributed by atoms with Gasteiger partial charge in [0.1, 0.15) is 17.9 Å². The smallest absolute Gasteiger partial charge is 0.322 e. The molecule has 0 heterocycles. The van der Waals surface area contributed by atoms with Gasteiger partial charge in [0.25, 0.3) is 10.1 Å². The number of carbonyl (C=O) groups is 1. The van der Waals surface area contributed by atoms with Crippen molar-refractivity contribution in [2.75, 3.05) is 43.7 Å². The number of ether oxygens (including phenoxy) is 2. The Morgan fingerprint density at radius 3 is 1.96 bits per heavy atom. The van der Waals surface area contributed by atoms with E-state index < -0.39 is 39.9 Å². The van der Waals surface area contributed by atoms with Crippen LogP contribution in [0.4, 0.5) is 11.4 Å². The Morgan fingerprint density at radius 1 is 1.04 bits per heavy atom. The Bertz CT molecular complexity index is 718. The summed E-state index contributed by atoms with van der Waals surface area (Å²) in [6.45, 7) is -0.896. The van der Waals surface area contributed by atoms with Crippen LogP contribution in [-0.2, 0) is 14.9 Å². The van der Waals surface area contributed by atoms with Crippen molar-refractivity contribution in [3.63, 3.8) is 0 Å². The number of nitrogens with one attached hydrogen (secondary N) is 2. The van der Waals surface area contributed by atoms with Crippen molar-refractivity contribution in [1.29, 1.82) is 0 Å². The molecule has 0 unspecified atom stereocenters. The van der Waals surface area contributed by atoms with E-state index in [4.69, 9.17) is 19.1 Å². The van der Waals surface area contributed by atoms with E-state index in [9.17, 15) is 23.4 Å². The van der Waals surface area contributed by atoms with Crippen molar-refractivity contribution in [2.45, 2.75) is 0 Å². The SMILES string of the molecule is COc1c(O)c(OC)c(NCC(=O)O)c(O)c1NCCS(=O)(=O)O. The molecule has 1 aromatic rings.